The molecule has 3 nitrogen and oxygen atoms in total. The molecule has 0 bridgehead atoms. The molecule has 0 spiro atoms. The summed E-state index contributed by atoms with van der Waals surface area (Å²) in [6, 6.07) is 7.95. The lowest BCUT2D eigenvalue weighted by molar-refractivity contribution is -0.376. The molecule has 0 aromatic heterocycles. The van der Waals surface area contributed by atoms with Gasteiger partial charge < -0.3 is 15.3 Å². The number of benzene rings is 2. The number of phenols is 2. The molecule has 0 fully saturated rings. The van der Waals surface area contributed by atoms with Gasteiger partial charge in [0.25, 0.3) is 5.60 Å². The van der Waals surface area contributed by atoms with Crippen molar-refractivity contribution in [2.24, 2.45) is 0 Å². The van der Waals surface area contributed by atoms with Gasteiger partial charge in [-0.2, -0.15) is 26.3 Å². The Morgan fingerprint density at radius 3 is 1.56 bits per heavy atom. The highest BCUT2D eigenvalue weighted by atomic mass is 19.4. The molecule has 0 saturated heterocycles. The molecule has 148 valence electrons. The van der Waals surface area contributed by atoms with Crippen molar-refractivity contribution in [3.63, 3.8) is 0 Å². The fraction of sp³-hybridized carbons (Fsp3) is 0.333. The molecule has 2 aromatic rings. The Balaban J connectivity index is 2.59. The fourth-order valence-electron chi connectivity index (χ4n) is 2.74. The number of aliphatic hydroxyl groups is 1. The molecule has 0 atom stereocenters. The van der Waals surface area contributed by atoms with Crippen LogP contribution in [0.4, 0.5) is 26.3 Å². The SMILES string of the molecule is CC(C)(c1ccc(O)cc1)c1ccc(C(O)(C(F)(F)F)C(F)(F)F)c(O)c1. The molecular weight excluding hydrogens is 378 g/mol. The van der Waals surface area contributed by atoms with E-state index in [0.717, 1.165) is 12.1 Å². The third-order valence-electron chi connectivity index (χ3n) is 4.52. The third-order valence-corrected chi connectivity index (χ3v) is 4.52. The van der Waals surface area contributed by atoms with Crippen LogP contribution in [0.5, 0.6) is 11.5 Å². The van der Waals surface area contributed by atoms with Gasteiger partial charge in [0, 0.05) is 11.0 Å². The van der Waals surface area contributed by atoms with Crippen LogP contribution in [0.3, 0.4) is 0 Å². The van der Waals surface area contributed by atoms with E-state index in [1.165, 1.54) is 24.3 Å². The summed E-state index contributed by atoms with van der Waals surface area (Å²) < 4.78 is 78.0. The van der Waals surface area contributed by atoms with Crippen LogP contribution in [-0.2, 0) is 11.0 Å². The van der Waals surface area contributed by atoms with Crippen LogP contribution in [-0.4, -0.2) is 27.7 Å². The van der Waals surface area contributed by atoms with Crippen LogP contribution in [0, 0.1) is 0 Å². The molecule has 2 aromatic carbocycles. The largest absolute Gasteiger partial charge is 0.508 e. The maximum Gasteiger partial charge on any atom is 0.430 e. The molecule has 0 heterocycles. The van der Waals surface area contributed by atoms with Gasteiger partial charge >= 0.3 is 12.4 Å². The molecule has 9 heteroatoms. The number of hydrogen-bond donors (Lipinski definition) is 3. The first-order chi connectivity index (χ1) is 12.1. The van der Waals surface area contributed by atoms with Crippen LogP contribution in [0.25, 0.3) is 0 Å². The van der Waals surface area contributed by atoms with E-state index in [-0.39, 0.29) is 11.3 Å². The molecule has 0 amide bonds. The van der Waals surface area contributed by atoms with Gasteiger partial charge in [-0.1, -0.05) is 38.1 Å². The van der Waals surface area contributed by atoms with Gasteiger partial charge in [0.1, 0.15) is 11.5 Å². The second kappa shape index (κ2) is 6.33. The van der Waals surface area contributed by atoms with Crippen molar-refractivity contribution in [1.82, 2.24) is 0 Å². The number of alkyl halides is 6. The summed E-state index contributed by atoms with van der Waals surface area (Å²) in [4.78, 5) is 0. The fourth-order valence-corrected chi connectivity index (χ4v) is 2.74. The van der Waals surface area contributed by atoms with Crippen LogP contribution in [0.15, 0.2) is 42.5 Å². The second-order valence-electron chi connectivity index (χ2n) is 6.61. The van der Waals surface area contributed by atoms with Crippen LogP contribution >= 0.6 is 0 Å². The summed E-state index contributed by atoms with van der Waals surface area (Å²) in [6.45, 7) is 3.26. The van der Waals surface area contributed by atoms with Crippen molar-refractivity contribution in [2.45, 2.75) is 37.2 Å². The number of hydrogen-bond acceptors (Lipinski definition) is 3. The molecule has 2 rings (SSSR count). The van der Waals surface area contributed by atoms with Crippen molar-refractivity contribution in [1.29, 1.82) is 0 Å². The Bertz CT molecular complexity index is 808. The quantitative estimate of drug-likeness (QED) is 0.660. The Labute approximate surface area is 150 Å². The van der Waals surface area contributed by atoms with E-state index in [2.05, 4.69) is 0 Å². The minimum absolute atomic E-state index is 0.0202. The Morgan fingerprint density at radius 2 is 1.15 bits per heavy atom. The standard InChI is InChI=1S/C18H16F6O3/c1-15(2,10-3-6-12(25)7-4-10)11-5-8-13(14(26)9-11)16(27,17(19,20)21)18(22,23)24/h3-9,25-27H,1-2H3. The highest BCUT2D eigenvalue weighted by Crippen LogP contribution is 2.52. The van der Waals surface area contributed by atoms with Gasteiger partial charge in [-0.3, -0.25) is 0 Å². The molecule has 27 heavy (non-hydrogen) atoms. The zero-order chi connectivity index (χ0) is 20.8. The zero-order valence-corrected chi connectivity index (χ0v) is 14.2. The van der Waals surface area contributed by atoms with Crippen molar-refractivity contribution in [2.75, 3.05) is 0 Å². The van der Waals surface area contributed by atoms with Gasteiger partial charge in [0.05, 0.1) is 0 Å². The van der Waals surface area contributed by atoms with E-state index < -0.39 is 34.7 Å². The number of phenolic OH excluding ortho intramolecular Hbond substituents is 2. The topological polar surface area (TPSA) is 60.7 Å². The maximum atomic E-state index is 13.0. The molecule has 0 aliphatic rings. The molecule has 0 saturated carbocycles. The normalized spacial score (nSPS) is 13.7. The number of aromatic hydroxyl groups is 2. The van der Waals surface area contributed by atoms with E-state index in [9.17, 15) is 41.7 Å². The second-order valence-corrected chi connectivity index (χ2v) is 6.61. The van der Waals surface area contributed by atoms with Gasteiger partial charge in [0.15, 0.2) is 0 Å². The number of rotatable bonds is 3. The van der Waals surface area contributed by atoms with Gasteiger partial charge in [0.2, 0.25) is 0 Å². The monoisotopic (exact) mass is 394 g/mol. The van der Waals surface area contributed by atoms with E-state index in [0.29, 0.717) is 11.6 Å². The van der Waals surface area contributed by atoms with Crippen LogP contribution < -0.4 is 0 Å². The lowest BCUT2D eigenvalue weighted by Gasteiger charge is -2.34. The predicted octanol–water partition coefficient (Wildman–Crippen LogP) is 4.74. The minimum atomic E-state index is -6.09. The summed E-state index contributed by atoms with van der Waals surface area (Å²) >= 11 is 0. The van der Waals surface area contributed by atoms with Crippen molar-refractivity contribution in [3.05, 3.63) is 59.2 Å². The molecule has 0 aliphatic carbocycles. The summed E-state index contributed by atoms with van der Waals surface area (Å²) in [5.41, 5.74) is -7.02. The van der Waals surface area contributed by atoms with E-state index in [1.807, 2.05) is 0 Å². The predicted molar refractivity (Wildman–Crippen MR) is 84.3 cm³/mol. The molecular formula is C18H16F6O3. The van der Waals surface area contributed by atoms with E-state index in [1.54, 1.807) is 13.8 Å². The van der Waals surface area contributed by atoms with E-state index >= 15 is 0 Å². The van der Waals surface area contributed by atoms with Crippen LogP contribution in [0.2, 0.25) is 0 Å². The lowest BCUT2D eigenvalue weighted by Crippen LogP contribution is -2.54. The Hall–Kier alpha value is -2.42. The van der Waals surface area contributed by atoms with Crippen LogP contribution in [0.1, 0.15) is 30.5 Å². The highest BCUT2D eigenvalue weighted by molar-refractivity contribution is 5.47. The first kappa shape index (κ1) is 20.9. The maximum absolute atomic E-state index is 13.0. The lowest BCUT2D eigenvalue weighted by atomic mass is 9.77. The zero-order valence-electron chi connectivity index (χ0n) is 14.2. The van der Waals surface area contributed by atoms with Crippen molar-refractivity contribution in [3.8, 4) is 11.5 Å². The molecule has 0 aliphatic heterocycles. The first-order valence-corrected chi connectivity index (χ1v) is 7.61. The Kier molecular flexibility index (Phi) is 4.90. The third kappa shape index (κ3) is 3.43. The van der Waals surface area contributed by atoms with Crippen molar-refractivity contribution >= 4 is 0 Å². The molecule has 0 radical (unpaired) electrons. The van der Waals surface area contributed by atoms with Gasteiger partial charge in [-0.15, -0.1) is 0 Å². The summed E-state index contributed by atoms with van der Waals surface area (Å²) in [5, 5.41) is 28.7. The summed E-state index contributed by atoms with van der Waals surface area (Å²) in [5.74, 6) is -1.36. The molecule has 0 unspecified atom stereocenters. The summed E-state index contributed by atoms with van der Waals surface area (Å²) in [7, 11) is 0. The summed E-state index contributed by atoms with van der Waals surface area (Å²) in [6.07, 6.45) is -12.2. The molecule has 3 N–H and O–H groups in total. The highest BCUT2D eigenvalue weighted by Gasteiger charge is 2.72. The number of halogens is 6. The average molecular weight is 394 g/mol. The first-order valence-electron chi connectivity index (χ1n) is 7.61. The van der Waals surface area contributed by atoms with Crippen molar-refractivity contribution < 1.29 is 41.7 Å². The van der Waals surface area contributed by atoms with Gasteiger partial charge in [-0.05, 0) is 29.3 Å². The average Bonchev–Trinajstić information content (AvgIpc) is 2.52. The minimum Gasteiger partial charge on any atom is -0.508 e. The Morgan fingerprint density at radius 1 is 0.704 bits per heavy atom. The smallest absolute Gasteiger partial charge is 0.430 e. The van der Waals surface area contributed by atoms with E-state index in [4.69, 9.17) is 0 Å². The van der Waals surface area contributed by atoms with Gasteiger partial charge in [-0.25, -0.2) is 0 Å².